The van der Waals surface area contributed by atoms with E-state index in [2.05, 4.69) is 12.0 Å². The number of piperazine rings is 1. The van der Waals surface area contributed by atoms with Gasteiger partial charge in [-0.25, -0.2) is 4.79 Å². The molecule has 0 radical (unpaired) electrons. The molecule has 33 heavy (non-hydrogen) atoms. The van der Waals surface area contributed by atoms with Gasteiger partial charge >= 0.3 is 11.9 Å². The molecule has 2 atom stereocenters. The third-order valence-electron chi connectivity index (χ3n) is 6.44. The van der Waals surface area contributed by atoms with Crippen LogP contribution < -0.4 is 9.80 Å². The molecule has 10 nitrogen and oxygen atoms in total. The van der Waals surface area contributed by atoms with Crippen LogP contribution in [0.5, 0.6) is 0 Å². The number of aliphatic imine (C=N–C) groups is 1. The van der Waals surface area contributed by atoms with Gasteiger partial charge in [0.05, 0.1) is 24.7 Å². The summed E-state index contributed by atoms with van der Waals surface area (Å²) < 4.78 is 10.6. The monoisotopic (exact) mass is 460 g/mol. The summed E-state index contributed by atoms with van der Waals surface area (Å²) in [5.74, 6) is -2.79. The molecule has 1 aromatic rings. The topological polar surface area (TPSA) is 117 Å². The number of nitro groups is 1. The smallest absolute Gasteiger partial charge is 0.336 e. The van der Waals surface area contributed by atoms with Gasteiger partial charge in [0.15, 0.2) is 0 Å². The van der Waals surface area contributed by atoms with E-state index in [1.807, 2.05) is 0 Å². The van der Waals surface area contributed by atoms with Crippen molar-refractivity contribution in [3.05, 3.63) is 51.2 Å². The number of benzene rings is 1. The highest BCUT2D eigenvalue weighted by Gasteiger charge is 2.42. The van der Waals surface area contributed by atoms with Gasteiger partial charge in [-0.1, -0.05) is 12.1 Å². The number of methoxy groups -OCH3 is 1. The fourth-order valence-electron chi connectivity index (χ4n) is 4.57. The molecular weight excluding hydrogens is 428 g/mol. The van der Waals surface area contributed by atoms with Gasteiger partial charge < -0.3 is 19.3 Å². The Kier molecular flexibility index (Phi) is 7.93. The van der Waals surface area contributed by atoms with E-state index >= 15 is 0 Å². The van der Waals surface area contributed by atoms with Crippen molar-refractivity contribution >= 4 is 23.3 Å². The first-order valence-corrected chi connectivity index (χ1v) is 11.1. The summed E-state index contributed by atoms with van der Waals surface area (Å²) in [5, 5.41) is 11.3. The van der Waals surface area contributed by atoms with E-state index in [1.54, 1.807) is 26.0 Å². The number of hydrogen-bond acceptors (Lipinski definition) is 7. The lowest BCUT2D eigenvalue weighted by Gasteiger charge is -2.31. The maximum atomic E-state index is 13.2. The van der Waals surface area contributed by atoms with Crippen molar-refractivity contribution in [2.24, 2.45) is 10.9 Å². The second kappa shape index (κ2) is 10.7. The second-order valence-corrected chi connectivity index (χ2v) is 8.68. The van der Waals surface area contributed by atoms with Crippen LogP contribution in [0.1, 0.15) is 25.3 Å². The molecule has 178 valence electrons. The molecule has 1 aromatic carbocycles. The van der Waals surface area contributed by atoms with E-state index in [-0.39, 0.29) is 17.9 Å². The number of hydrogen-bond donors (Lipinski definition) is 2. The van der Waals surface area contributed by atoms with E-state index in [1.165, 1.54) is 29.0 Å². The minimum Gasteiger partial charge on any atom is -0.468 e. The number of allylic oxidation sites excluding steroid dienone is 1. The predicted octanol–water partition coefficient (Wildman–Crippen LogP) is -0.827. The molecule has 0 aliphatic carbocycles. The highest BCUT2D eigenvalue weighted by Crippen LogP contribution is 2.40. The number of rotatable bonds is 7. The SMILES string of the molecule is COC(=O)C1C(C)=NC(C)=C(C(=O)OCC[NH+]2CC[NH+](C)CC2)[C@H]1c1cccc([N+](=O)[O-])c1. The number of ether oxygens (including phenoxy) is 2. The van der Waals surface area contributed by atoms with E-state index < -0.39 is 28.7 Å². The Hall–Kier alpha value is -3.11. The molecule has 0 aromatic heterocycles. The summed E-state index contributed by atoms with van der Waals surface area (Å²) in [6.07, 6.45) is 0. The fraction of sp³-hybridized carbons (Fsp3) is 0.522. The van der Waals surface area contributed by atoms with Crippen molar-refractivity contribution in [3.8, 4) is 0 Å². The molecule has 3 rings (SSSR count). The van der Waals surface area contributed by atoms with Crippen LogP contribution in [-0.2, 0) is 19.1 Å². The van der Waals surface area contributed by atoms with Crippen molar-refractivity contribution in [3.63, 3.8) is 0 Å². The van der Waals surface area contributed by atoms with Crippen LogP contribution >= 0.6 is 0 Å². The predicted molar refractivity (Wildman–Crippen MR) is 120 cm³/mol. The van der Waals surface area contributed by atoms with Gasteiger partial charge in [-0.3, -0.25) is 19.9 Å². The molecule has 1 saturated heterocycles. The number of likely N-dealkylation sites (N-methyl/N-ethyl adjacent to an activating group) is 1. The van der Waals surface area contributed by atoms with E-state index in [0.29, 0.717) is 23.5 Å². The third-order valence-corrected chi connectivity index (χ3v) is 6.44. The minimum atomic E-state index is -0.880. The molecule has 2 aliphatic heterocycles. The van der Waals surface area contributed by atoms with Gasteiger partial charge in [0.2, 0.25) is 0 Å². The van der Waals surface area contributed by atoms with Crippen LogP contribution in [-0.4, -0.2) is 76.1 Å². The van der Waals surface area contributed by atoms with Crippen molar-refractivity contribution < 1.29 is 33.8 Å². The van der Waals surface area contributed by atoms with Crippen LogP contribution in [0.25, 0.3) is 0 Å². The average molecular weight is 461 g/mol. The van der Waals surface area contributed by atoms with Gasteiger partial charge in [-0.05, 0) is 19.4 Å². The number of esters is 2. The Labute approximate surface area is 193 Å². The number of non-ortho nitro benzene ring substituents is 1. The number of nitrogens with one attached hydrogen (secondary N) is 2. The molecule has 1 unspecified atom stereocenters. The van der Waals surface area contributed by atoms with Crippen molar-refractivity contribution in [1.29, 1.82) is 0 Å². The van der Waals surface area contributed by atoms with Crippen molar-refractivity contribution in [2.45, 2.75) is 19.8 Å². The first-order chi connectivity index (χ1) is 15.7. The maximum absolute atomic E-state index is 13.2. The Balaban J connectivity index is 1.88. The number of nitro benzene ring substituents is 1. The van der Waals surface area contributed by atoms with Crippen molar-refractivity contribution in [1.82, 2.24) is 0 Å². The highest BCUT2D eigenvalue weighted by molar-refractivity contribution is 6.07. The summed E-state index contributed by atoms with van der Waals surface area (Å²) in [7, 11) is 3.44. The molecule has 0 bridgehead atoms. The lowest BCUT2D eigenvalue weighted by Crippen LogP contribution is -3.27. The summed E-state index contributed by atoms with van der Waals surface area (Å²) in [5.41, 5.74) is 1.49. The van der Waals surface area contributed by atoms with Crippen LogP contribution in [0.15, 0.2) is 40.5 Å². The number of carbonyl (C=O) groups excluding carboxylic acids is 2. The molecule has 2 N–H and O–H groups in total. The number of nitrogens with zero attached hydrogens (tertiary/aromatic N) is 2. The van der Waals surface area contributed by atoms with E-state index in [0.717, 1.165) is 26.2 Å². The number of quaternary nitrogens is 2. The molecule has 2 heterocycles. The Morgan fingerprint density at radius 2 is 1.91 bits per heavy atom. The first kappa shape index (κ1) is 24.5. The second-order valence-electron chi connectivity index (χ2n) is 8.68. The maximum Gasteiger partial charge on any atom is 0.336 e. The minimum absolute atomic E-state index is 0.123. The van der Waals surface area contributed by atoms with Crippen LogP contribution in [0.2, 0.25) is 0 Å². The highest BCUT2D eigenvalue weighted by atomic mass is 16.6. The molecule has 2 aliphatic rings. The summed E-state index contributed by atoms with van der Waals surface area (Å²) in [6, 6.07) is 5.97. The number of carbonyl (C=O) groups is 2. The molecule has 0 spiro atoms. The Morgan fingerprint density at radius 1 is 1.21 bits per heavy atom. The van der Waals surface area contributed by atoms with Gasteiger partial charge in [-0.2, -0.15) is 0 Å². The van der Waals surface area contributed by atoms with E-state index in [4.69, 9.17) is 9.47 Å². The zero-order valence-electron chi connectivity index (χ0n) is 19.6. The molecule has 0 amide bonds. The largest absolute Gasteiger partial charge is 0.468 e. The summed E-state index contributed by atoms with van der Waals surface area (Å²) in [6.45, 7) is 8.54. The molecular formula is C23H32N4O6+2. The van der Waals surface area contributed by atoms with E-state index in [9.17, 15) is 19.7 Å². The first-order valence-electron chi connectivity index (χ1n) is 11.1. The van der Waals surface area contributed by atoms with Crippen LogP contribution in [0, 0.1) is 16.0 Å². The van der Waals surface area contributed by atoms with Gasteiger partial charge in [0.1, 0.15) is 45.2 Å². The average Bonchev–Trinajstić information content (AvgIpc) is 2.79. The summed E-state index contributed by atoms with van der Waals surface area (Å²) >= 11 is 0. The fourth-order valence-corrected chi connectivity index (χ4v) is 4.57. The van der Waals surface area contributed by atoms with Gasteiger partial charge in [-0.15, -0.1) is 0 Å². The Bertz CT molecular complexity index is 981. The third kappa shape index (κ3) is 5.63. The lowest BCUT2D eigenvalue weighted by atomic mass is 9.75. The summed E-state index contributed by atoms with van der Waals surface area (Å²) in [4.78, 5) is 44.1. The quantitative estimate of drug-likeness (QED) is 0.312. The molecule has 0 saturated carbocycles. The lowest BCUT2D eigenvalue weighted by molar-refractivity contribution is -1.00. The molecule has 1 fully saturated rings. The van der Waals surface area contributed by atoms with Crippen LogP contribution in [0.3, 0.4) is 0 Å². The van der Waals surface area contributed by atoms with Crippen LogP contribution in [0.4, 0.5) is 5.69 Å². The van der Waals surface area contributed by atoms with Gasteiger partial charge in [0, 0.05) is 29.5 Å². The van der Waals surface area contributed by atoms with Crippen molar-refractivity contribution in [2.75, 3.05) is 53.5 Å². The zero-order valence-corrected chi connectivity index (χ0v) is 19.6. The normalized spacial score (nSPS) is 25.3. The molecule has 10 heteroatoms. The standard InChI is InChI=1S/C23H30N4O6/c1-15-19(22(28)32-4)21(17-6-5-7-18(14-17)27(30)31)20(16(2)24-15)23(29)33-13-12-26-10-8-25(3)9-11-26/h5-7,14,19,21H,8-13H2,1-4H3/p+2/t19?,21-/m0/s1. The zero-order chi connectivity index (χ0) is 24.1. The Morgan fingerprint density at radius 3 is 2.55 bits per heavy atom. The van der Waals surface area contributed by atoms with Gasteiger partial charge in [0.25, 0.3) is 5.69 Å².